The van der Waals surface area contributed by atoms with Crippen molar-refractivity contribution in [3.63, 3.8) is 0 Å². The molecule has 7 nitrogen and oxygen atoms in total. The van der Waals surface area contributed by atoms with E-state index in [1.54, 1.807) is 6.20 Å². The average Bonchev–Trinajstić information content (AvgIpc) is 2.97. The van der Waals surface area contributed by atoms with Gasteiger partial charge in [-0.15, -0.1) is 0 Å². The minimum Gasteiger partial charge on any atom is -0.467 e. The fraction of sp³-hybridized carbons (Fsp3) is 0.667. The van der Waals surface area contributed by atoms with Gasteiger partial charge in [-0.2, -0.15) is 0 Å². The summed E-state index contributed by atoms with van der Waals surface area (Å²) in [6.45, 7) is 7.16. The smallest absolute Gasteiger partial charge is 0.316 e. The number of rotatable bonds is 3. The minimum absolute atomic E-state index is 0.0684. The molecule has 7 heteroatoms. The molecule has 1 aromatic rings. The lowest BCUT2D eigenvalue weighted by molar-refractivity contribution is -0.117. The first kappa shape index (κ1) is 20.4. The van der Waals surface area contributed by atoms with Crippen LogP contribution >= 0.6 is 0 Å². The maximum Gasteiger partial charge on any atom is 0.316 e. The molecule has 2 atom stereocenters. The van der Waals surface area contributed by atoms with E-state index in [4.69, 9.17) is 19.7 Å². The zero-order valence-corrected chi connectivity index (χ0v) is 13.8. The number of aliphatic hydroxyl groups is 2. The lowest BCUT2D eigenvalue weighted by Gasteiger charge is -2.12. The van der Waals surface area contributed by atoms with Gasteiger partial charge >= 0.3 is 6.01 Å². The standard InChI is InChI=1S/C11H14N2O3.C2H6O2.C2H6/c1-7-9(5-12-11(13-7)15-2)10-4-3-8(6-14)16-10;1-2(3)4;1-2/h5-6,8,10H,3-4H2,1-2H3;2-4H,1H3;1-2H3. The van der Waals surface area contributed by atoms with Crippen LogP contribution in [0, 0.1) is 6.92 Å². The number of carbonyl (C=O) groups excluding carboxylic acids is 1. The Hall–Kier alpha value is -1.57. The van der Waals surface area contributed by atoms with Crippen molar-refractivity contribution in [2.75, 3.05) is 7.11 Å². The molecule has 1 aliphatic rings. The van der Waals surface area contributed by atoms with Crippen molar-refractivity contribution >= 4 is 6.29 Å². The van der Waals surface area contributed by atoms with Gasteiger partial charge in [-0.3, -0.25) is 0 Å². The Labute approximate surface area is 131 Å². The van der Waals surface area contributed by atoms with E-state index in [1.165, 1.54) is 14.0 Å². The highest BCUT2D eigenvalue weighted by Crippen LogP contribution is 2.33. The molecular weight excluding hydrogens is 288 g/mol. The van der Waals surface area contributed by atoms with Crippen molar-refractivity contribution in [1.82, 2.24) is 9.97 Å². The van der Waals surface area contributed by atoms with Crippen LogP contribution in [-0.4, -0.2) is 46.0 Å². The Bertz CT molecular complexity index is 437. The third-order valence-electron chi connectivity index (χ3n) is 2.73. The van der Waals surface area contributed by atoms with Crippen molar-refractivity contribution in [3.05, 3.63) is 17.5 Å². The van der Waals surface area contributed by atoms with Gasteiger partial charge in [0.2, 0.25) is 0 Å². The third kappa shape index (κ3) is 6.93. The number of hydrogen-bond acceptors (Lipinski definition) is 7. The number of methoxy groups -OCH3 is 1. The Balaban J connectivity index is 0.000000640. The molecule has 1 fully saturated rings. The van der Waals surface area contributed by atoms with Crippen LogP contribution in [0.25, 0.3) is 0 Å². The largest absolute Gasteiger partial charge is 0.467 e. The number of nitrogens with zero attached hydrogens (tertiary/aromatic N) is 2. The summed E-state index contributed by atoms with van der Waals surface area (Å²) >= 11 is 0. The summed E-state index contributed by atoms with van der Waals surface area (Å²) in [4.78, 5) is 18.8. The number of aldehydes is 1. The molecule has 0 bridgehead atoms. The van der Waals surface area contributed by atoms with E-state index < -0.39 is 6.29 Å². The normalized spacial score (nSPS) is 19.6. The molecule has 0 aliphatic carbocycles. The molecular formula is C15H26N2O5. The Morgan fingerprint density at radius 2 is 2.00 bits per heavy atom. The summed E-state index contributed by atoms with van der Waals surface area (Å²) in [6, 6.07) is 0.353. The van der Waals surface area contributed by atoms with Crippen LogP contribution in [0.4, 0.5) is 0 Å². The van der Waals surface area contributed by atoms with Gasteiger partial charge in [0.25, 0.3) is 0 Å². The second kappa shape index (κ2) is 11.1. The Morgan fingerprint density at radius 3 is 2.41 bits per heavy atom. The van der Waals surface area contributed by atoms with E-state index in [1.807, 2.05) is 20.8 Å². The second-order valence-electron chi connectivity index (χ2n) is 4.41. The highest BCUT2D eigenvalue weighted by molar-refractivity contribution is 5.56. The summed E-state index contributed by atoms with van der Waals surface area (Å²) in [7, 11) is 1.53. The van der Waals surface area contributed by atoms with Crippen molar-refractivity contribution in [1.29, 1.82) is 0 Å². The van der Waals surface area contributed by atoms with Crippen LogP contribution in [0.2, 0.25) is 0 Å². The topological polar surface area (TPSA) is 102 Å². The van der Waals surface area contributed by atoms with Gasteiger partial charge in [0.05, 0.1) is 18.9 Å². The fourth-order valence-corrected chi connectivity index (χ4v) is 1.86. The fourth-order valence-electron chi connectivity index (χ4n) is 1.86. The second-order valence-corrected chi connectivity index (χ2v) is 4.41. The molecule has 0 aromatic carbocycles. The molecule has 0 spiro atoms. The van der Waals surface area contributed by atoms with E-state index in [9.17, 15) is 4.79 Å². The third-order valence-corrected chi connectivity index (χ3v) is 2.73. The molecule has 2 unspecified atom stereocenters. The highest BCUT2D eigenvalue weighted by atomic mass is 16.5. The van der Waals surface area contributed by atoms with E-state index in [2.05, 4.69) is 9.97 Å². The van der Waals surface area contributed by atoms with E-state index in [-0.39, 0.29) is 12.2 Å². The van der Waals surface area contributed by atoms with Crippen LogP contribution in [0.15, 0.2) is 6.20 Å². The molecule has 2 rings (SSSR count). The van der Waals surface area contributed by atoms with Crippen LogP contribution < -0.4 is 4.74 Å². The molecule has 126 valence electrons. The number of aryl methyl sites for hydroxylation is 1. The number of aliphatic hydroxyl groups excluding tert-OH is 1. The zero-order chi connectivity index (χ0) is 17.1. The average molecular weight is 314 g/mol. The maximum absolute atomic E-state index is 10.6. The van der Waals surface area contributed by atoms with Crippen LogP contribution in [0.3, 0.4) is 0 Å². The van der Waals surface area contributed by atoms with Crippen molar-refractivity contribution < 1.29 is 24.5 Å². The number of carbonyl (C=O) groups is 1. The van der Waals surface area contributed by atoms with Gasteiger partial charge in [-0.25, -0.2) is 9.97 Å². The van der Waals surface area contributed by atoms with Gasteiger partial charge in [0.1, 0.15) is 18.7 Å². The first-order valence-electron chi connectivity index (χ1n) is 7.32. The number of hydrogen-bond donors (Lipinski definition) is 2. The highest BCUT2D eigenvalue weighted by Gasteiger charge is 2.27. The molecule has 2 heterocycles. The monoisotopic (exact) mass is 314 g/mol. The molecule has 1 saturated heterocycles. The van der Waals surface area contributed by atoms with Crippen LogP contribution in [0.1, 0.15) is 51.0 Å². The van der Waals surface area contributed by atoms with Crippen LogP contribution in [-0.2, 0) is 9.53 Å². The molecule has 22 heavy (non-hydrogen) atoms. The predicted octanol–water partition coefficient (Wildman–Crippen LogP) is 1.56. The molecule has 0 saturated carbocycles. The van der Waals surface area contributed by atoms with E-state index >= 15 is 0 Å². The SMILES string of the molecule is CC.CC(O)O.COc1ncc(C2CCC(C=O)O2)c(C)n1. The zero-order valence-electron chi connectivity index (χ0n) is 13.8. The maximum atomic E-state index is 10.6. The predicted molar refractivity (Wildman–Crippen MR) is 81.5 cm³/mol. The summed E-state index contributed by atoms with van der Waals surface area (Å²) < 4.78 is 10.5. The van der Waals surface area contributed by atoms with E-state index in [0.29, 0.717) is 6.01 Å². The molecule has 2 N–H and O–H groups in total. The van der Waals surface area contributed by atoms with Gasteiger partial charge in [-0.1, -0.05) is 13.8 Å². The molecule has 1 aromatic heterocycles. The summed E-state index contributed by atoms with van der Waals surface area (Å²) in [5.74, 6) is 0. The van der Waals surface area contributed by atoms with Gasteiger partial charge in [0, 0.05) is 11.8 Å². The summed E-state index contributed by atoms with van der Waals surface area (Å²) in [5, 5.41) is 15.2. The lowest BCUT2D eigenvalue weighted by atomic mass is 10.1. The quantitative estimate of drug-likeness (QED) is 0.644. The molecule has 0 radical (unpaired) electrons. The van der Waals surface area contributed by atoms with Gasteiger partial charge in [0.15, 0.2) is 0 Å². The van der Waals surface area contributed by atoms with Crippen molar-refractivity contribution in [2.24, 2.45) is 0 Å². The molecule has 0 amide bonds. The first-order valence-corrected chi connectivity index (χ1v) is 7.32. The van der Waals surface area contributed by atoms with Crippen LogP contribution in [0.5, 0.6) is 6.01 Å². The Morgan fingerprint density at radius 1 is 1.41 bits per heavy atom. The first-order chi connectivity index (χ1) is 10.5. The number of aromatic nitrogens is 2. The lowest BCUT2D eigenvalue weighted by Crippen LogP contribution is -2.09. The number of ether oxygens (including phenoxy) is 2. The molecule has 1 aliphatic heterocycles. The minimum atomic E-state index is -1.17. The van der Waals surface area contributed by atoms with Gasteiger partial charge < -0.3 is 24.5 Å². The van der Waals surface area contributed by atoms with E-state index in [0.717, 1.165) is 30.4 Å². The van der Waals surface area contributed by atoms with Gasteiger partial charge in [-0.05, 0) is 26.7 Å². The summed E-state index contributed by atoms with van der Waals surface area (Å²) in [6.07, 6.45) is 2.63. The summed E-state index contributed by atoms with van der Waals surface area (Å²) in [5.41, 5.74) is 1.77. The van der Waals surface area contributed by atoms with Crippen molar-refractivity contribution in [3.8, 4) is 6.01 Å². The van der Waals surface area contributed by atoms with Crippen molar-refractivity contribution in [2.45, 2.75) is 59.0 Å². The Kier molecular flexibility index (Phi) is 10.3.